The van der Waals surface area contributed by atoms with Crippen LogP contribution < -0.4 is 10.2 Å². The van der Waals surface area contributed by atoms with Crippen molar-refractivity contribution in [2.45, 2.75) is 13.5 Å². The number of halogens is 1. The summed E-state index contributed by atoms with van der Waals surface area (Å²) < 4.78 is 20.3. The van der Waals surface area contributed by atoms with Crippen LogP contribution in [0.4, 0.5) is 4.39 Å². The molecular weight excluding hydrogens is 381 g/mol. The largest absolute Gasteiger partial charge is 0.497 e. The molecular formula is C25H20FNO3. The summed E-state index contributed by atoms with van der Waals surface area (Å²) >= 11 is 0. The van der Waals surface area contributed by atoms with E-state index in [9.17, 15) is 14.0 Å². The molecule has 4 nitrogen and oxygen atoms in total. The lowest BCUT2D eigenvalue weighted by molar-refractivity contribution is 0.103. The van der Waals surface area contributed by atoms with E-state index in [0.29, 0.717) is 23.2 Å². The SMILES string of the molecule is COc1ccc(C(=O)c2cn(Cc3ccc(F)cc3)c3ccc(C)cc3c2=O)cc1. The zero-order valence-corrected chi connectivity index (χ0v) is 16.7. The number of ketones is 1. The van der Waals surface area contributed by atoms with Crippen molar-refractivity contribution in [3.05, 3.63) is 111 Å². The average Bonchev–Trinajstić information content (AvgIpc) is 2.77. The summed E-state index contributed by atoms with van der Waals surface area (Å²) in [5, 5.41) is 0.483. The molecule has 1 heterocycles. The molecule has 0 aliphatic rings. The van der Waals surface area contributed by atoms with Crippen LogP contribution in [-0.2, 0) is 6.54 Å². The first-order valence-electron chi connectivity index (χ1n) is 9.53. The Morgan fingerprint density at radius 1 is 1.00 bits per heavy atom. The van der Waals surface area contributed by atoms with E-state index in [1.165, 1.54) is 12.1 Å². The van der Waals surface area contributed by atoms with Gasteiger partial charge < -0.3 is 9.30 Å². The average molecular weight is 401 g/mol. The van der Waals surface area contributed by atoms with Gasteiger partial charge in [0.25, 0.3) is 0 Å². The molecule has 0 saturated heterocycles. The Kier molecular flexibility index (Phi) is 5.19. The van der Waals surface area contributed by atoms with Crippen LogP contribution in [0.1, 0.15) is 27.0 Å². The van der Waals surface area contributed by atoms with Crippen molar-refractivity contribution in [3.8, 4) is 5.75 Å². The van der Waals surface area contributed by atoms with Gasteiger partial charge >= 0.3 is 0 Å². The third-order valence-corrected chi connectivity index (χ3v) is 5.10. The Bertz CT molecular complexity index is 1290. The Labute approximate surface area is 173 Å². The van der Waals surface area contributed by atoms with Crippen LogP contribution in [0.2, 0.25) is 0 Å². The van der Waals surface area contributed by atoms with Crippen molar-refractivity contribution in [1.82, 2.24) is 4.57 Å². The van der Waals surface area contributed by atoms with Gasteiger partial charge in [-0.1, -0.05) is 23.8 Å². The van der Waals surface area contributed by atoms with Gasteiger partial charge in [-0.25, -0.2) is 4.39 Å². The number of benzene rings is 3. The van der Waals surface area contributed by atoms with E-state index < -0.39 is 0 Å². The van der Waals surface area contributed by atoms with Crippen LogP contribution in [0, 0.1) is 12.7 Å². The first-order valence-corrected chi connectivity index (χ1v) is 9.53. The van der Waals surface area contributed by atoms with Crippen molar-refractivity contribution in [1.29, 1.82) is 0 Å². The molecule has 0 bridgehead atoms. The third-order valence-electron chi connectivity index (χ3n) is 5.10. The predicted octanol–water partition coefficient (Wildman–Crippen LogP) is 4.74. The minimum Gasteiger partial charge on any atom is -0.497 e. The van der Waals surface area contributed by atoms with E-state index in [4.69, 9.17) is 4.74 Å². The number of pyridine rings is 1. The summed E-state index contributed by atoms with van der Waals surface area (Å²) in [5.41, 5.74) is 2.73. The molecule has 0 radical (unpaired) electrons. The quantitative estimate of drug-likeness (QED) is 0.454. The van der Waals surface area contributed by atoms with E-state index in [-0.39, 0.29) is 22.6 Å². The minimum absolute atomic E-state index is 0.0976. The van der Waals surface area contributed by atoms with Crippen molar-refractivity contribution in [2.75, 3.05) is 7.11 Å². The number of hydrogen-bond donors (Lipinski definition) is 0. The molecule has 0 spiro atoms. The molecule has 1 aromatic heterocycles. The number of ether oxygens (including phenoxy) is 1. The predicted molar refractivity (Wildman–Crippen MR) is 115 cm³/mol. The van der Waals surface area contributed by atoms with E-state index >= 15 is 0 Å². The van der Waals surface area contributed by atoms with Gasteiger partial charge in [0.15, 0.2) is 5.78 Å². The summed E-state index contributed by atoms with van der Waals surface area (Å²) in [4.78, 5) is 26.3. The van der Waals surface area contributed by atoms with Gasteiger partial charge in [0, 0.05) is 23.7 Å². The Morgan fingerprint density at radius 3 is 2.37 bits per heavy atom. The Hall–Kier alpha value is -3.73. The number of methoxy groups -OCH3 is 1. The highest BCUT2D eigenvalue weighted by molar-refractivity contribution is 6.10. The second-order valence-electron chi connectivity index (χ2n) is 7.20. The van der Waals surface area contributed by atoms with Crippen molar-refractivity contribution in [2.24, 2.45) is 0 Å². The molecule has 0 fully saturated rings. The number of fused-ring (bicyclic) bond motifs is 1. The third kappa shape index (κ3) is 3.74. The maximum atomic E-state index is 13.3. The fourth-order valence-electron chi connectivity index (χ4n) is 3.49. The number of nitrogens with zero attached hydrogens (tertiary/aromatic N) is 1. The molecule has 4 rings (SSSR count). The zero-order chi connectivity index (χ0) is 21.3. The lowest BCUT2D eigenvalue weighted by atomic mass is 10.0. The second kappa shape index (κ2) is 7.95. The highest BCUT2D eigenvalue weighted by Crippen LogP contribution is 2.19. The molecule has 30 heavy (non-hydrogen) atoms. The highest BCUT2D eigenvalue weighted by atomic mass is 19.1. The first-order chi connectivity index (χ1) is 14.5. The first kappa shape index (κ1) is 19.6. The summed E-state index contributed by atoms with van der Waals surface area (Å²) in [6.45, 7) is 2.31. The maximum Gasteiger partial charge on any atom is 0.200 e. The van der Waals surface area contributed by atoms with Gasteiger partial charge in [0.05, 0.1) is 18.2 Å². The van der Waals surface area contributed by atoms with Crippen molar-refractivity contribution in [3.63, 3.8) is 0 Å². The molecule has 150 valence electrons. The Balaban J connectivity index is 1.86. The fraction of sp³-hybridized carbons (Fsp3) is 0.120. The Morgan fingerprint density at radius 2 is 1.70 bits per heavy atom. The monoisotopic (exact) mass is 401 g/mol. The van der Waals surface area contributed by atoms with Gasteiger partial charge in [-0.2, -0.15) is 0 Å². The molecule has 0 aliphatic heterocycles. The molecule has 0 amide bonds. The maximum absolute atomic E-state index is 13.3. The van der Waals surface area contributed by atoms with Crippen molar-refractivity contribution < 1.29 is 13.9 Å². The van der Waals surface area contributed by atoms with Gasteiger partial charge in [0.2, 0.25) is 5.43 Å². The van der Waals surface area contributed by atoms with Crippen LogP contribution in [-0.4, -0.2) is 17.5 Å². The van der Waals surface area contributed by atoms with Gasteiger partial charge in [-0.15, -0.1) is 0 Å². The van der Waals surface area contributed by atoms with E-state index in [0.717, 1.165) is 16.6 Å². The molecule has 3 aromatic carbocycles. The smallest absolute Gasteiger partial charge is 0.200 e. The van der Waals surface area contributed by atoms with E-state index in [1.54, 1.807) is 55.8 Å². The topological polar surface area (TPSA) is 48.3 Å². The van der Waals surface area contributed by atoms with Gasteiger partial charge in [0.1, 0.15) is 11.6 Å². The molecule has 0 atom stereocenters. The number of carbonyl (C=O) groups is 1. The lowest BCUT2D eigenvalue weighted by Gasteiger charge is -2.14. The normalized spacial score (nSPS) is 10.9. The standard InChI is InChI=1S/C25H20FNO3/c1-16-3-12-23-21(13-16)25(29)22(24(28)18-6-10-20(30-2)11-7-18)15-27(23)14-17-4-8-19(26)9-5-17/h3-13,15H,14H2,1-2H3. The molecule has 0 N–H and O–H groups in total. The van der Waals surface area contributed by atoms with Crippen LogP contribution in [0.3, 0.4) is 0 Å². The molecule has 5 heteroatoms. The summed E-state index contributed by atoms with van der Waals surface area (Å²) in [5.74, 6) is -0.0252. The van der Waals surface area contributed by atoms with Crippen molar-refractivity contribution >= 4 is 16.7 Å². The number of aryl methyl sites for hydroxylation is 1. The second-order valence-corrected chi connectivity index (χ2v) is 7.20. The fourth-order valence-corrected chi connectivity index (χ4v) is 3.49. The van der Waals surface area contributed by atoms with Crippen LogP contribution in [0.15, 0.2) is 77.7 Å². The molecule has 0 aliphatic carbocycles. The number of rotatable bonds is 5. The molecule has 0 saturated carbocycles. The number of carbonyl (C=O) groups excluding carboxylic acids is 1. The van der Waals surface area contributed by atoms with Gasteiger partial charge in [-0.05, 0) is 61.0 Å². The zero-order valence-electron chi connectivity index (χ0n) is 16.7. The van der Waals surface area contributed by atoms with E-state index in [1.807, 2.05) is 23.6 Å². The van der Waals surface area contributed by atoms with Crippen LogP contribution >= 0.6 is 0 Å². The van der Waals surface area contributed by atoms with Crippen LogP contribution in [0.25, 0.3) is 10.9 Å². The number of hydrogen-bond acceptors (Lipinski definition) is 3. The molecule has 4 aromatic rings. The summed E-state index contributed by atoms with van der Waals surface area (Å²) in [7, 11) is 1.55. The lowest BCUT2D eigenvalue weighted by Crippen LogP contribution is -2.20. The summed E-state index contributed by atoms with van der Waals surface area (Å²) in [6.07, 6.45) is 1.59. The molecule has 0 unspecified atom stereocenters. The number of aromatic nitrogens is 1. The summed E-state index contributed by atoms with van der Waals surface area (Å²) in [6, 6.07) is 18.4. The van der Waals surface area contributed by atoms with Gasteiger partial charge in [-0.3, -0.25) is 9.59 Å². The highest BCUT2D eigenvalue weighted by Gasteiger charge is 2.17. The van der Waals surface area contributed by atoms with Crippen LogP contribution in [0.5, 0.6) is 5.75 Å². The van der Waals surface area contributed by atoms with E-state index in [2.05, 4.69) is 0 Å². The minimum atomic E-state index is -0.348.